The van der Waals surface area contributed by atoms with E-state index in [1.807, 2.05) is 0 Å². The number of allylic oxidation sites excluding steroid dienone is 1. The second-order valence-electron chi connectivity index (χ2n) is 3.39. The average molecular weight is 236 g/mol. The first kappa shape index (κ1) is 12.3. The van der Waals surface area contributed by atoms with Gasteiger partial charge in [0.05, 0.1) is 4.90 Å². The third-order valence-corrected chi connectivity index (χ3v) is 3.50. The van der Waals surface area contributed by atoms with Crippen LogP contribution in [0.1, 0.15) is 0 Å². The van der Waals surface area contributed by atoms with Gasteiger partial charge in [-0.1, -0.05) is 18.2 Å². The van der Waals surface area contributed by atoms with Crippen LogP contribution in [0.25, 0.3) is 0 Å². The molecule has 5 heteroatoms. The van der Waals surface area contributed by atoms with E-state index in [0.29, 0.717) is 0 Å². The maximum absolute atomic E-state index is 12.0. The van der Waals surface area contributed by atoms with Gasteiger partial charge in [0.15, 0.2) is 4.91 Å². The van der Waals surface area contributed by atoms with Crippen LogP contribution in [-0.2, 0) is 9.84 Å². The van der Waals surface area contributed by atoms with Crippen LogP contribution < -0.4 is 0 Å². The van der Waals surface area contributed by atoms with Crippen molar-refractivity contribution in [3.05, 3.63) is 41.4 Å². The van der Waals surface area contributed by atoms with Crippen molar-refractivity contribution in [3.8, 4) is 6.07 Å². The van der Waals surface area contributed by atoms with Gasteiger partial charge in [-0.2, -0.15) is 5.26 Å². The van der Waals surface area contributed by atoms with Crippen LogP contribution in [-0.4, -0.2) is 27.4 Å². The van der Waals surface area contributed by atoms with Gasteiger partial charge in [-0.3, -0.25) is 0 Å². The van der Waals surface area contributed by atoms with Gasteiger partial charge in [-0.05, 0) is 12.1 Å². The molecule has 84 valence electrons. The lowest BCUT2D eigenvalue weighted by molar-refractivity contribution is 0.559. The van der Waals surface area contributed by atoms with Crippen LogP contribution in [0.2, 0.25) is 0 Å². The Morgan fingerprint density at radius 3 is 2.31 bits per heavy atom. The first-order valence-corrected chi connectivity index (χ1v) is 6.05. The lowest BCUT2D eigenvalue weighted by Crippen LogP contribution is -2.09. The summed E-state index contributed by atoms with van der Waals surface area (Å²) >= 11 is 0. The normalized spacial score (nSPS) is 11.9. The number of sulfone groups is 1. The number of benzene rings is 1. The van der Waals surface area contributed by atoms with E-state index >= 15 is 0 Å². The Morgan fingerprint density at radius 2 is 1.88 bits per heavy atom. The molecule has 4 nitrogen and oxygen atoms in total. The van der Waals surface area contributed by atoms with Gasteiger partial charge in [0.2, 0.25) is 9.84 Å². The quantitative estimate of drug-likeness (QED) is 0.744. The maximum Gasteiger partial charge on any atom is 0.218 e. The first-order valence-electron chi connectivity index (χ1n) is 4.57. The van der Waals surface area contributed by atoms with Crippen molar-refractivity contribution in [1.29, 1.82) is 5.26 Å². The lowest BCUT2D eigenvalue weighted by atomic mass is 10.4. The Labute approximate surface area is 95.3 Å². The molecule has 1 rings (SSSR count). The smallest absolute Gasteiger partial charge is 0.218 e. The highest BCUT2D eigenvalue weighted by molar-refractivity contribution is 7.95. The van der Waals surface area contributed by atoms with Crippen molar-refractivity contribution in [2.45, 2.75) is 4.90 Å². The zero-order valence-corrected chi connectivity index (χ0v) is 9.90. The minimum absolute atomic E-state index is 0.129. The van der Waals surface area contributed by atoms with Gasteiger partial charge in [0.25, 0.3) is 0 Å². The fourth-order valence-electron chi connectivity index (χ4n) is 1.12. The molecular weight excluding hydrogens is 224 g/mol. The highest BCUT2D eigenvalue weighted by Gasteiger charge is 2.20. The van der Waals surface area contributed by atoms with E-state index < -0.39 is 9.84 Å². The van der Waals surface area contributed by atoms with Crippen molar-refractivity contribution in [1.82, 2.24) is 4.90 Å². The molecule has 0 N–H and O–H groups in total. The predicted octanol–water partition coefficient (Wildman–Crippen LogP) is 1.39. The van der Waals surface area contributed by atoms with Crippen LogP contribution in [0.3, 0.4) is 0 Å². The highest BCUT2D eigenvalue weighted by Crippen LogP contribution is 2.18. The Morgan fingerprint density at radius 1 is 1.31 bits per heavy atom. The monoisotopic (exact) mass is 236 g/mol. The molecule has 0 bridgehead atoms. The molecule has 1 aromatic rings. The largest absolute Gasteiger partial charge is 0.382 e. The summed E-state index contributed by atoms with van der Waals surface area (Å²) in [5, 5.41) is 8.85. The lowest BCUT2D eigenvalue weighted by Gasteiger charge is -2.07. The topological polar surface area (TPSA) is 61.2 Å². The first-order chi connectivity index (χ1) is 7.48. The summed E-state index contributed by atoms with van der Waals surface area (Å²) in [6.45, 7) is 0. The van der Waals surface area contributed by atoms with Crippen molar-refractivity contribution in [2.24, 2.45) is 0 Å². The van der Waals surface area contributed by atoms with E-state index in [1.165, 1.54) is 23.2 Å². The molecule has 0 saturated carbocycles. The maximum atomic E-state index is 12.0. The summed E-state index contributed by atoms with van der Waals surface area (Å²) in [4.78, 5) is 1.40. The highest BCUT2D eigenvalue weighted by atomic mass is 32.2. The summed E-state index contributed by atoms with van der Waals surface area (Å²) < 4.78 is 24.0. The summed E-state index contributed by atoms with van der Waals surface area (Å²) in [5.41, 5.74) is 0. The molecule has 0 aliphatic heterocycles. The minimum Gasteiger partial charge on any atom is -0.382 e. The molecular formula is C11H12N2O2S. The molecule has 1 aromatic carbocycles. The molecule has 0 radical (unpaired) electrons. The van der Waals surface area contributed by atoms with E-state index in [-0.39, 0.29) is 9.80 Å². The molecule has 0 heterocycles. The third kappa shape index (κ3) is 2.61. The minimum atomic E-state index is -3.69. The number of rotatable bonds is 3. The van der Waals surface area contributed by atoms with E-state index in [2.05, 4.69) is 0 Å². The van der Waals surface area contributed by atoms with Crippen LogP contribution >= 0.6 is 0 Å². The Kier molecular flexibility index (Phi) is 3.69. The molecule has 0 aliphatic carbocycles. The Hall–Kier alpha value is -1.80. The van der Waals surface area contributed by atoms with Gasteiger partial charge >= 0.3 is 0 Å². The van der Waals surface area contributed by atoms with Crippen LogP contribution in [0.15, 0.2) is 46.3 Å². The SMILES string of the molecule is CN(C)/C=C(\C#N)S(=O)(=O)c1ccccc1. The Balaban J connectivity index is 3.28. The summed E-state index contributed by atoms with van der Waals surface area (Å²) in [6, 6.07) is 9.61. The summed E-state index contributed by atoms with van der Waals surface area (Å²) in [7, 11) is -0.359. The molecule has 0 saturated heterocycles. The summed E-state index contributed by atoms with van der Waals surface area (Å²) in [5.74, 6) is 0. The van der Waals surface area contributed by atoms with Gasteiger partial charge in [-0.25, -0.2) is 8.42 Å². The van der Waals surface area contributed by atoms with Crippen LogP contribution in [0, 0.1) is 11.3 Å². The third-order valence-electron chi connectivity index (χ3n) is 1.83. The fraction of sp³-hybridized carbons (Fsp3) is 0.182. The fourth-order valence-corrected chi connectivity index (χ4v) is 2.36. The van der Waals surface area contributed by atoms with Gasteiger partial charge < -0.3 is 4.90 Å². The van der Waals surface area contributed by atoms with Gasteiger partial charge in [0, 0.05) is 20.3 Å². The zero-order valence-electron chi connectivity index (χ0n) is 9.08. The van der Waals surface area contributed by atoms with Crippen molar-refractivity contribution < 1.29 is 8.42 Å². The number of hydrogen-bond acceptors (Lipinski definition) is 4. The van der Waals surface area contributed by atoms with E-state index in [0.717, 1.165) is 0 Å². The molecule has 0 atom stereocenters. The van der Waals surface area contributed by atoms with Gasteiger partial charge in [-0.15, -0.1) is 0 Å². The molecule has 0 unspecified atom stereocenters. The van der Waals surface area contributed by atoms with Crippen molar-refractivity contribution in [3.63, 3.8) is 0 Å². The molecule has 0 spiro atoms. The standard InChI is InChI=1S/C11H12N2O2S/c1-13(2)9-11(8-12)16(14,15)10-6-4-3-5-7-10/h3-7,9H,1-2H3/b11-9+. The van der Waals surface area contributed by atoms with E-state index in [1.54, 1.807) is 38.4 Å². The predicted molar refractivity (Wildman–Crippen MR) is 61.0 cm³/mol. The zero-order chi connectivity index (χ0) is 12.2. The van der Waals surface area contributed by atoms with Crippen LogP contribution in [0.4, 0.5) is 0 Å². The number of nitriles is 1. The van der Waals surface area contributed by atoms with E-state index in [4.69, 9.17) is 5.26 Å². The van der Waals surface area contributed by atoms with Gasteiger partial charge in [0.1, 0.15) is 6.07 Å². The summed E-state index contributed by atoms with van der Waals surface area (Å²) in [6.07, 6.45) is 1.29. The number of hydrogen-bond donors (Lipinski definition) is 0. The number of nitrogens with zero attached hydrogens (tertiary/aromatic N) is 2. The molecule has 0 aromatic heterocycles. The van der Waals surface area contributed by atoms with Crippen molar-refractivity contribution in [2.75, 3.05) is 14.1 Å². The van der Waals surface area contributed by atoms with Crippen molar-refractivity contribution >= 4 is 9.84 Å². The van der Waals surface area contributed by atoms with E-state index in [9.17, 15) is 8.42 Å². The molecule has 16 heavy (non-hydrogen) atoms. The molecule has 0 amide bonds. The second kappa shape index (κ2) is 4.81. The Bertz CT molecular complexity index is 525. The second-order valence-corrected chi connectivity index (χ2v) is 5.30. The van der Waals surface area contributed by atoms with Crippen LogP contribution in [0.5, 0.6) is 0 Å². The average Bonchev–Trinajstić information content (AvgIpc) is 2.26. The molecule has 0 fully saturated rings. The molecule has 0 aliphatic rings.